The summed E-state index contributed by atoms with van der Waals surface area (Å²) in [7, 11) is 0. The number of ether oxygens (including phenoxy) is 1. The van der Waals surface area contributed by atoms with E-state index in [0.717, 1.165) is 4.88 Å². The summed E-state index contributed by atoms with van der Waals surface area (Å²) in [6.07, 6.45) is 2.92. The van der Waals surface area contributed by atoms with Crippen molar-refractivity contribution in [3.05, 3.63) is 127 Å². The molecule has 0 aliphatic rings. The summed E-state index contributed by atoms with van der Waals surface area (Å²) in [6.45, 7) is 0. The van der Waals surface area contributed by atoms with Gasteiger partial charge < -0.3 is 10.1 Å². The van der Waals surface area contributed by atoms with Crippen LogP contribution < -0.4 is 15.5 Å². The number of hydrogen-bond acceptors (Lipinski definition) is 6. The predicted molar refractivity (Wildman–Crippen MR) is 155 cm³/mol. The highest BCUT2D eigenvalue weighted by atomic mass is 79.9. The van der Waals surface area contributed by atoms with Gasteiger partial charge in [0, 0.05) is 20.5 Å². The van der Waals surface area contributed by atoms with Crippen molar-refractivity contribution in [2.75, 3.05) is 0 Å². The Morgan fingerprint density at radius 2 is 1.55 bits per heavy atom. The molecular weight excluding hydrogens is 634 g/mol. The number of carbonyl (C=O) groups excluding carboxylic acids is 3. The number of amides is 2. The van der Waals surface area contributed by atoms with Crippen LogP contribution in [0.4, 0.5) is 0 Å². The van der Waals surface area contributed by atoms with Crippen LogP contribution >= 0.6 is 43.2 Å². The molecule has 4 rings (SSSR count). The van der Waals surface area contributed by atoms with Crippen LogP contribution in [0.3, 0.4) is 0 Å². The monoisotopic (exact) mass is 651 g/mol. The maximum Gasteiger partial charge on any atom is 0.343 e. The second-order valence-corrected chi connectivity index (χ2v) is 10.4. The standard InChI is InChI=1S/C28H19Br2N3O4S/c29-21-14-20(25(23(30)15-21)37-28(36)19-10-5-2-6-11-19)17-31-33-27(35)24(16-22-12-7-13-38-22)32-26(34)18-8-3-1-4-9-18/h1-17H,(H,32,34)(H,33,35)/b24-16-,31-17-. The van der Waals surface area contributed by atoms with E-state index in [1.807, 2.05) is 17.5 Å². The molecule has 3 aromatic carbocycles. The normalized spacial score (nSPS) is 11.3. The van der Waals surface area contributed by atoms with Crippen molar-refractivity contribution in [2.45, 2.75) is 0 Å². The van der Waals surface area contributed by atoms with E-state index in [9.17, 15) is 14.4 Å². The molecule has 38 heavy (non-hydrogen) atoms. The van der Waals surface area contributed by atoms with E-state index in [-0.39, 0.29) is 11.4 Å². The Balaban J connectivity index is 1.54. The Morgan fingerprint density at radius 3 is 2.21 bits per heavy atom. The fraction of sp³-hybridized carbons (Fsp3) is 0. The molecule has 1 heterocycles. The minimum atomic E-state index is -0.629. The Kier molecular flexibility index (Phi) is 9.36. The number of esters is 1. The predicted octanol–water partition coefficient (Wildman–Crippen LogP) is 6.41. The average Bonchev–Trinajstić information content (AvgIpc) is 3.44. The van der Waals surface area contributed by atoms with Crippen LogP contribution in [0.25, 0.3) is 6.08 Å². The topological polar surface area (TPSA) is 96.9 Å². The van der Waals surface area contributed by atoms with Gasteiger partial charge in [0.2, 0.25) is 0 Å². The van der Waals surface area contributed by atoms with Gasteiger partial charge in [0.25, 0.3) is 11.8 Å². The third kappa shape index (κ3) is 7.34. The van der Waals surface area contributed by atoms with Gasteiger partial charge in [-0.2, -0.15) is 5.10 Å². The molecule has 7 nitrogen and oxygen atoms in total. The Bertz CT molecular complexity index is 1510. The first-order valence-corrected chi connectivity index (χ1v) is 13.6. The summed E-state index contributed by atoms with van der Waals surface area (Å²) in [5.41, 5.74) is 3.67. The largest absolute Gasteiger partial charge is 0.421 e. The third-order valence-electron chi connectivity index (χ3n) is 4.97. The Labute approximate surface area is 239 Å². The number of nitrogens with one attached hydrogen (secondary N) is 2. The summed E-state index contributed by atoms with van der Waals surface area (Å²) in [5.74, 6) is -1.38. The molecule has 4 aromatic rings. The molecule has 0 fully saturated rings. The molecule has 0 unspecified atom stereocenters. The van der Waals surface area contributed by atoms with Gasteiger partial charge in [0.1, 0.15) is 5.70 Å². The first-order valence-electron chi connectivity index (χ1n) is 11.1. The zero-order chi connectivity index (χ0) is 26.9. The molecule has 0 radical (unpaired) electrons. The molecule has 0 aliphatic heterocycles. The van der Waals surface area contributed by atoms with Crippen molar-refractivity contribution < 1.29 is 19.1 Å². The molecule has 1 aromatic heterocycles. The molecule has 0 bridgehead atoms. The molecule has 0 aliphatic carbocycles. The van der Waals surface area contributed by atoms with Gasteiger partial charge in [-0.3, -0.25) is 9.59 Å². The number of nitrogens with zero attached hydrogens (tertiary/aromatic N) is 1. The van der Waals surface area contributed by atoms with Crippen LogP contribution in [0.1, 0.15) is 31.2 Å². The van der Waals surface area contributed by atoms with E-state index in [4.69, 9.17) is 4.74 Å². The number of benzene rings is 3. The summed E-state index contributed by atoms with van der Waals surface area (Å²) < 4.78 is 6.83. The maximum absolute atomic E-state index is 13.0. The molecule has 190 valence electrons. The molecule has 0 spiro atoms. The van der Waals surface area contributed by atoms with E-state index >= 15 is 0 Å². The molecule has 0 saturated carbocycles. The highest BCUT2D eigenvalue weighted by Gasteiger charge is 2.17. The van der Waals surface area contributed by atoms with Crippen molar-refractivity contribution in [1.29, 1.82) is 0 Å². The summed E-state index contributed by atoms with van der Waals surface area (Å²) in [4.78, 5) is 39.1. The third-order valence-corrected chi connectivity index (χ3v) is 6.84. The second-order valence-electron chi connectivity index (χ2n) is 7.65. The molecule has 2 N–H and O–H groups in total. The number of rotatable bonds is 8. The first kappa shape index (κ1) is 27.2. The van der Waals surface area contributed by atoms with E-state index in [1.54, 1.807) is 78.9 Å². The van der Waals surface area contributed by atoms with Gasteiger partial charge in [-0.15, -0.1) is 11.3 Å². The highest BCUT2D eigenvalue weighted by molar-refractivity contribution is 9.11. The quantitative estimate of drug-likeness (QED) is 0.0756. The van der Waals surface area contributed by atoms with Crippen LogP contribution in [0.2, 0.25) is 0 Å². The van der Waals surface area contributed by atoms with Crippen molar-refractivity contribution in [3.63, 3.8) is 0 Å². The maximum atomic E-state index is 13.0. The van der Waals surface area contributed by atoms with Gasteiger partial charge in [0.15, 0.2) is 5.75 Å². The summed E-state index contributed by atoms with van der Waals surface area (Å²) in [6, 6.07) is 24.2. The van der Waals surface area contributed by atoms with Gasteiger partial charge in [-0.1, -0.05) is 58.4 Å². The zero-order valence-electron chi connectivity index (χ0n) is 19.6. The van der Waals surface area contributed by atoms with Crippen LogP contribution in [-0.4, -0.2) is 24.0 Å². The van der Waals surface area contributed by atoms with Crippen LogP contribution in [0.5, 0.6) is 5.75 Å². The smallest absolute Gasteiger partial charge is 0.343 e. The minimum absolute atomic E-state index is 0.0182. The van der Waals surface area contributed by atoms with Crippen molar-refractivity contribution in [2.24, 2.45) is 5.10 Å². The lowest BCUT2D eigenvalue weighted by atomic mass is 10.2. The minimum Gasteiger partial charge on any atom is -0.421 e. The lowest BCUT2D eigenvalue weighted by Gasteiger charge is -2.11. The van der Waals surface area contributed by atoms with Gasteiger partial charge in [-0.05, 0) is 69.9 Å². The summed E-state index contributed by atoms with van der Waals surface area (Å²) >= 11 is 8.24. The number of hydrogen-bond donors (Lipinski definition) is 2. The molecular formula is C28H19Br2N3O4S. The van der Waals surface area contributed by atoms with Gasteiger partial charge in [-0.25, -0.2) is 10.2 Å². The molecule has 2 amide bonds. The molecule has 10 heteroatoms. The number of carbonyl (C=O) groups is 3. The second kappa shape index (κ2) is 13.1. The van der Waals surface area contributed by atoms with Crippen LogP contribution in [0.15, 0.2) is 110 Å². The Hall–Kier alpha value is -3.86. The zero-order valence-corrected chi connectivity index (χ0v) is 23.5. The number of thiophene rings is 1. The SMILES string of the molecule is O=C(N/N=C\c1cc(Br)cc(Br)c1OC(=O)c1ccccc1)/C(=C/c1cccs1)NC(=O)c1ccccc1. The fourth-order valence-corrected chi connectivity index (χ4v) is 5.18. The summed E-state index contributed by atoms with van der Waals surface area (Å²) in [5, 5.41) is 8.56. The van der Waals surface area contributed by atoms with Crippen LogP contribution in [0, 0.1) is 0 Å². The van der Waals surface area contributed by atoms with Crippen molar-refractivity contribution in [1.82, 2.24) is 10.7 Å². The molecule has 0 atom stereocenters. The van der Waals surface area contributed by atoms with E-state index in [1.165, 1.54) is 17.6 Å². The lowest BCUT2D eigenvalue weighted by Crippen LogP contribution is -2.32. The highest BCUT2D eigenvalue weighted by Crippen LogP contribution is 2.32. The lowest BCUT2D eigenvalue weighted by molar-refractivity contribution is -0.117. The van der Waals surface area contributed by atoms with Crippen molar-refractivity contribution in [3.8, 4) is 5.75 Å². The molecule has 0 saturated heterocycles. The van der Waals surface area contributed by atoms with E-state index in [0.29, 0.717) is 25.6 Å². The fourth-order valence-electron chi connectivity index (χ4n) is 3.19. The average molecular weight is 653 g/mol. The van der Waals surface area contributed by atoms with E-state index < -0.39 is 17.8 Å². The van der Waals surface area contributed by atoms with Crippen molar-refractivity contribution >= 4 is 73.3 Å². The van der Waals surface area contributed by atoms with Gasteiger partial charge in [0.05, 0.1) is 16.3 Å². The van der Waals surface area contributed by atoms with Gasteiger partial charge >= 0.3 is 5.97 Å². The number of halogens is 2. The Morgan fingerprint density at radius 1 is 0.868 bits per heavy atom. The number of hydrazone groups is 1. The van der Waals surface area contributed by atoms with E-state index in [2.05, 4.69) is 47.7 Å². The first-order chi connectivity index (χ1) is 18.4. The van der Waals surface area contributed by atoms with Crippen LogP contribution in [-0.2, 0) is 4.79 Å².